The van der Waals surface area contributed by atoms with E-state index < -0.39 is 0 Å². The lowest BCUT2D eigenvalue weighted by Gasteiger charge is -2.18. The van der Waals surface area contributed by atoms with Gasteiger partial charge in [-0.15, -0.1) is 0 Å². The molecule has 1 aliphatic heterocycles. The van der Waals surface area contributed by atoms with Crippen LogP contribution in [0.15, 0.2) is 59.2 Å². The SMILES string of the molecule is CC(C)N=c1ccccn1C(=O)C1=Cc2ccccc2OC1. The molecule has 112 valence electrons. The number of hydrogen-bond donors (Lipinski definition) is 0. The van der Waals surface area contributed by atoms with E-state index in [2.05, 4.69) is 4.99 Å². The minimum absolute atomic E-state index is 0.102. The Balaban J connectivity index is 2.02. The van der Waals surface area contributed by atoms with E-state index in [0.29, 0.717) is 11.1 Å². The molecule has 0 fully saturated rings. The van der Waals surface area contributed by atoms with Gasteiger partial charge >= 0.3 is 0 Å². The van der Waals surface area contributed by atoms with Gasteiger partial charge in [0, 0.05) is 17.8 Å². The van der Waals surface area contributed by atoms with E-state index in [4.69, 9.17) is 4.74 Å². The molecule has 0 bridgehead atoms. The smallest absolute Gasteiger partial charge is 0.262 e. The fraction of sp³-hybridized carbons (Fsp3) is 0.222. The van der Waals surface area contributed by atoms with Crippen molar-refractivity contribution in [2.45, 2.75) is 19.9 Å². The summed E-state index contributed by atoms with van der Waals surface area (Å²) in [6.07, 6.45) is 3.63. The molecule has 0 unspecified atom stereocenters. The summed E-state index contributed by atoms with van der Waals surface area (Å²) in [6, 6.07) is 13.4. The lowest BCUT2D eigenvalue weighted by Crippen LogP contribution is -2.30. The minimum Gasteiger partial charge on any atom is -0.488 e. The van der Waals surface area contributed by atoms with Gasteiger partial charge in [-0.3, -0.25) is 14.4 Å². The molecule has 4 nitrogen and oxygen atoms in total. The number of pyridine rings is 1. The van der Waals surface area contributed by atoms with E-state index in [9.17, 15) is 4.79 Å². The molecule has 0 spiro atoms. The molecule has 4 heteroatoms. The number of carbonyl (C=O) groups is 1. The van der Waals surface area contributed by atoms with Crippen molar-refractivity contribution in [3.05, 3.63) is 65.3 Å². The number of ether oxygens (including phenoxy) is 1. The fourth-order valence-corrected chi connectivity index (χ4v) is 2.37. The van der Waals surface area contributed by atoms with E-state index in [1.807, 2.05) is 62.4 Å². The van der Waals surface area contributed by atoms with Crippen molar-refractivity contribution in [1.29, 1.82) is 0 Å². The molecule has 22 heavy (non-hydrogen) atoms. The maximum Gasteiger partial charge on any atom is 0.262 e. The quantitative estimate of drug-likeness (QED) is 0.854. The molecule has 2 heterocycles. The molecule has 0 radical (unpaired) electrons. The number of rotatable bonds is 2. The predicted octanol–water partition coefficient (Wildman–Crippen LogP) is 2.91. The van der Waals surface area contributed by atoms with Crippen LogP contribution in [0, 0.1) is 0 Å². The van der Waals surface area contributed by atoms with E-state index in [1.54, 1.807) is 10.8 Å². The molecule has 0 amide bonds. The molecule has 0 N–H and O–H groups in total. The third kappa shape index (κ3) is 2.86. The lowest BCUT2D eigenvalue weighted by molar-refractivity contribution is 0.0937. The van der Waals surface area contributed by atoms with E-state index in [1.165, 1.54) is 0 Å². The summed E-state index contributed by atoms with van der Waals surface area (Å²) < 4.78 is 7.24. The summed E-state index contributed by atoms with van der Waals surface area (Å²) in [5, 5.41) is 0. The van der Waals surface area contributed by atoms with Crippen molar-refractivity contribution in [2.24, 2.45) is 4.99 Å². The first-order chi connectivity index (χ1) is 10.6. The van der Waals surface area contributed by atoms with Crippen LogP contribution in [-0.2, 0) is 0 Å². The molecule has 3 rings (SSSR count). The Labute approximate surface area is 129 Å². The molecule has 0 saturated carbocycles. The van der Waals surface area contributed by atoms with Gasteiger partial charge in [0.2, 0.25) is 0 Å². The standard InChI is InChI=1S/C18H18N2O2/c1-13(2)19-17-9-5-6-10-20(17)18(21)15-11-14-7-3-4-8-16(14)22-12-15/h3-11,13H,12H2,1-2H3. The van der Waals surface area contributed by atoms with Gasteiger partial charge in [-0.05, 0) is 38.1 Å². The number of nitrogens with zero attached hydrogens (tertiary/aromatic N) is 2. The molecule has 1 aromatic carbocycles. The first kappa shape index (κ1) is 14.3. The third-order valence-corrected chi connectivity index (χ3v) is 3.35. The second-order valence-electron chi connectivity index (χ2n) is 5.45. The van der Waals surface area contributed by atoms with Crippen LogP contribution in [-0.4, -0.2) is 23.1 Å². The molecule has 0 aliphatic carbocycles. The van der Waals surface area contributed by atoms with Crippen LogP contribution in [0.2, 0.25) is 0 Å². The van der Waals surface area contributed by atoms with Crippen molar-refractivity contribution >= 4 is 12.0 Å². The molecule has 0 saturated heterocycles. The molecular weight excluding hydrogens is 276 g/mol. The highest BCUT2D eigenvalue weighted by Crippen LogP contribution is 2.26. The maximum atomic E-state index is 12.8. The van der Waals surface area contributed by atoms with E-state index in [0.717, 1.165) is 11.3 Å². The van der Waals surface area contributed by atoms with Crippen LogP contribution in [0.1, 0.15) is 24.2 Å². The van der Waals surface area contributed by atoms with Crippen LogP contribution in [0.3, 0.4) is 0 Å². The van der Waals surface area contributed by atoms with Gasteiger partial charge in [0.15, 0.2) is 0 Å². The van der Waals surface area contributed by atoms with Gasteiger partial charge < -0.3 is 4.74 Å². The summed E-state index contributed by atoms with van der Waals surface area (Å²) in [6.45, 7) is 4.25. The van der Waals surface area contributed by atoms with Gasteiger partial charge in [0.05, 0.1) is 5.57 Å². The Hall–Kier alpha value is -2.62. The highest BCUT2D eigenvalue weighted by atomic mass is 16.5. The van der Waals surface area contributed by atoms with Crippen molar-refractivity contribution in [2.75, 3.05) is 6.61 Å². The average molecular weight is 294 g/mol. The Kier molecular flexibility index (Phi) is 3.92. The average Bonchev–Trinajstić information content (AvgIpc) is 2.54. The van der Waals surface area contributed by atoms with Crippen LogP contribution in [0.5, 0.6) is 5.75 Å². The molecule has 0 atom stereocenters. The largest absolute Gasteiger partial charge is 0.488 e. The fourth-order valence-electron chi connectivity index (χ4n) is 2.37. The summed E-state index contributed by atoms with van der Waals surface area (Å²) in [4.78, 5) is 17.3. The zero-order chi connectivity index (χ0) is 15.5. The number of carbonyl (C=O) groups excluding carboxylic acids is 1. The lowest BCUT2D eigenvalue weighted by atomic mass is 10.1. The highest BCUT2D eigenvalue weighted by molar-refractivity contribution is 6.00. The number of hydrogen-bond acceptors (Lipinski definition) is 3. The third-order valence-electron chi connectivity index (χ3n) is 3.35. The zero-order valence-corrected chi connectivity index (χ0v) is 12.7. The van der Waals surface area contributed by atoms with Crippen LogP contribution < -0.4 is 10.2 Å². The Morgan fingerprint density at radius 3 is 2.77 bits per heavy atom. The second kappa shape index (κ2) is 6.02. The highest BCUT2D eigenvalue weighted by Gasteiger charge is 2.18. The number of benzene rings is 1. The number of para-hydroxylation sites is 1. The van der Waals surface area contributed by atoms with E-state index in [-0.39, 0.29) is 18.6 Å². The van der Waals surface area contributed by atoms with Crippen LogP contribution in [0.4, 0.5) is 0 Å². The normalized spacial score (nSPS) is 14.3. The molecular formula is C18H18N2O2. The Bertz CT molecular complexity index is 800. The van der Waals surface area contributed by atoms with Crippen molar-refractivity contribution in [3.8, 4) is 5.75 Å². The monoisotopic (exact) mass is 294 g/mol. The molecule has 1 aliphatic rings. The van der Waals surface area contributed by atoms with Crippen molar-refractivity contribution in [1.82, 2.24) is 4.57 Å². The van der Waals surface area contributed by atoms with Gasteiger partial charge in [-0.1, -0.05) is 24.3 Å². The summed E-state index contributed by atoms with van der Waals surface area (Å²) in [5.41, 5.74) is 2.20. The van der Waals surface area contributed by atoms with Crippen LogP contribution >= 0.6 is 0 Å². The van der Waals surface area contributed by atoms with Gasteiger partial charge in [0.1, 0.15) is 17.8 Å². The van der Waals surface area contributed by atoms with Gasteiger partial charge in [0.25, 0.3) is 5.91 Å². The summed E-state index contributed by atoms with van der Waals surface area (Å²) in [7, 11) is 0. The Morgan fingerprint density at radius 1 is 1.18 bits per heavy atom. The van der Waals surface area contributed by atoms with Gasteiger partial charge in [-0.25, -0.2) is 0 Å². The molecule has 1 aromatic heterocycles. The van der Waals surface area contributed by atoms with Gasteiger partial charge in [-0.2, -0.15) is 0 Å². The van der Waals surface area contributed by atoms with Crippen molar-refractivity contribution in [3.63, 3.8) is 0 Å². The number of aromatic nitrogens is 1. The van der Waals surface area contributed by atoms with E-state index >= 15 is 0 Å². The first-order valence-corrected chi connectivity index (χ1v) is 7.34. The minimum atomic E-state index is -0.102. The summed E-state index contributed by atoms with van der Waals surface area (Å²) in [5.74, 6) is 0.707. The molecule has 2 aromatic rings. The predicted molar refractivity (Wildman–Crippen MR) is 85.7 cm³/mol. The topological polar surface area (TPSA) is 43.6 Å². The number of fused-ring (bicyclic) bond motifs is 1. The zero-order valence-electron chi connectivity index (χ0n) is 12.7. The second-order valence-corrected chi connectivity index (χ2v) is 5.45. The first-order valence-electron chi connectivity index (χ1n) is 7.34. The van der Waals surface area contributed by atoms with Crippen LogP contribution in [0.25, 0.3) is 6.08 Å². The Morgan fingerprint density at radius 2 is 1.95 bits per heavy atom. The maximum absolute atomic E-state index is 12.8. The van der Waals surface area contributed by atoms with Crippen molar-refractivity contribution < 1.29 is 9.53 Å². The summed E-state index contributed by atoms with van der Waals surface area (Å²) >= 11 is 0.